The first-order valence-electron chi connectivity index (χ1n) is 3.57. The Morgan fingerprint density at radius 3 is 3.15 bits per heavy atom. The van der Waals surface area contributed by atoms with Crippen LogP contribution in [-0.2, 0) is 4.74 Å². The van der Waals surface area contributed by atoms with E-state index in [1.807, 2.05) is 6.26 Å². The fraction of sp³-hybridized carbons (Fsp3) is 0.250. The van der Waals surface area contributed by atoms with Gasteiger partial charge in [-0.2, -0.15) is 0 Å². The van der Waals surface area contributed by atoms with Crippen LogP contribution in [-0.4, -0.2) is 23.1 Å². The maximum absolute atomic E-state index is 11.2. The minimum atomic E-state index is -0.324. The van der Waals surface area contributed by atoms with Crippen LogP contribution in [0, 0.1) is 0 Å². The van der Waals surface area contributed by atoms with Crippen LogP contribution in [0.15, 0.2) is 24.5 Å². The number of rotatable bonds is 4. The summed E-state index contributed by atoms with van der Waals surface area (Å²) in [4.78, 5) is 15.1. The van der Waals surface area contributed by atoms with E-state index in [1.54, 1.807) is 29.1 Å². The minimum absolute atomic E-state index is 0.324. The molecule has 13 heavy (non-hydrogen) atoms. The first-order chi connectivity index (χ1) is 6.34. The largest absolute Gasteiger partial charge is 0.450 e. The molecule has 0 aromatic carbocycles. The number of ether oxygens (including phenoxy) is 1. The summed E-state index contributed by atoms with van der Waals surface area (Å²) in [6, 6.07) is 3.39. The minimum Gasteiger partial charge on any atom is -0.450 e. The molecule has 0 saturated heterocycles. The number of carbonyl (C=O) groups is 1. The Bertz CT molecular complexity index is 266. The van der Waals surface area contributed by atoms with E-state index in [9.17, 15) is 4.79 Å². The van der Waals surface area contributed by atoms with Gasteiger partial charge in [0.25, 0.3) is 0 Å². The molecule has 70 valence electrons. The highest BCUT2D eigenvalue weighted by Gasteiger charge is 2.05. The van der Waals surface area contributed by atoms with Crippen molar-refractivity contribution in [3.05, 3.63) is 30.1 Å². The van der Waals surface area contributed by atoms with Gasteiger partial charge in [0, 0.05) is 12.4 Å². The topological polar surface area (TPSA) is 39.2 Å². The number of carbonyl (C=O) groups excluding carboxylic acids is 1. The highest BCUT2D eigenvalue weighted by atomic mass is 33.1. The molecule has 0 spiro atoms. The Morgan fingerprint density at radius 2 is 2.54 bits per heavy atom. The fourth-order valence-corrected chi connectivity index (χ4v) is 1.38. The Balaban J connectivity index is 2.40. The van der Waals surface area contributed by atoms with E-state index in [-0.39, 0.29) is 5.97 Å². The molecule has 0 amide bonds. The van der Waals surface area contributed by atoms with Crippen LogP contribution >= 0.6 is 21.6 Å². The molecule has 1 rings (SSSR count). The maximum Gasteiger partial charge on any atom is 0.340 e. The first-order valence-corrected chi connectivity index (χ1v) is 6.30. The summed E-state index contributed by atoms with van der Waals surface area (Å²) in [5.41, 5.74) is 0.490. The van der Waals surface area contributed by atoms with Crippen molar-refractivity contribution in [2.75, 3.05) is 12.2 Å². The third-order valence-electron chi connectivity index (χ3n) is 1.25. The molecule has 0 fully saturated rings. The zero-order valence-corrected chi connectivity index (χ0v) is 8.73. The molecular weight excluding hydrogens is 206 g/mol. The summed E-state index contributed by atoms with van der Waals surface area (Å²) in [6.45, 7) is 0. The van der Waals surface area contributed by atoms with E-state index in [4.69, 9.17) is 4.74 Å². The molecule has 1 heterocycles. The Morgan fingerprint density at radius 1 is 1.69 bits per heavy atom. The van der Waals surface area contributed by atoms with Crippen molar-refractivity contribution in [3.8, 4) is 0 Å². The van der Waals surface area contributed by atoms with Crippen LogP contribution in [0.25, 0.3) is 0 Å². The van der Waals surface area contributed by atoms with Gasteiger partial charge in [0.1, 0.15) is 5.94 Å². The van der Waals surface area contributed by atoms with Crippen LogP contribution in [0.4, 0.5) is 0 Å². The predicted octanol–water partition coefficient (Wildman–Crippen LogP) is 2.21. The summed E-state index contributed by atoms with van der Waals surface area (Å²) >= 11 is 0. The SMILES string of the molecule is CSSCOC(=O)c1cccnc1. The molecule has 0 aliphatic carbocycles. The summed E-state index contributed by atoms with van der Waals surface area (Å²) < 4.78 is 4.93. The van der Waals surface area contributed by atoms with Gasteiger partial charge in [0.15, 0.2) is 0 Å². The van der Waals surface area contributed by atoms with E-state index in [1.165, 1.54) is 17.0 Å². The van der Waals surface area contributed by atoms with Crippen molar-refractivity contribution >= 4 is 27.6 Å². The van der Waals surface area contributed by atoms with Crippen LogP contribution in [0.3, 0.4) is 0 Å². The van der Waals surface area contributed by atoms with Crippen molar-refractivity contribution < 1.29 is 9.53 Å². The van der Waals surface area contributed by atoms with Gasteiger partial charge >= 0.3 is 5.97 Å². The second-order valence-electron chi connectivity index (χ2n) is 2.08. The number of pyridine rings is 1. The summed E-state index contributed by atoms with van der Waals surface area (Å²) in [6.07, 6.45) is 5.04. The van der Waals surface area contributed by atoms with Crippen molar-refractivity contribution in [1.82, 2.24) is 4.98 Å². The Hall–Kier alpha value is -0.680. The second-order valence-corrected chi connectivity index (χ2v) is 4.59. The number of nitrogens with zero attached hydrogens (tertiary/aromatic N) is 1. The van der Waals surface area contributed by atoms with Gasteiger partial charge in [-0.3, -0.25) is 4.98 Å². The van der Waals surface area contributed by atoms with Gasteiger partial charge in [-0.15, -0.1) is 0 Å². The number of aromatic nitrogens is 1. The lowest BCUT2D eigenvalue weighted by Gasteiger charge is -2.01. The van der Waals surface area contributed by atoms with E-state index in [0.29, 0.717) is 11.5 Å². The normalized spacial score (nSPS) is 9.62. The lowest BCUT2D eigenvalue weighted by Crippen LogP contribution is -2.04. The molecule has 3 nitrogen and oxygen atoms in total. The molecule has 0 radical (unpaired) electrons. The molecule has 0 atom stereocenters. The van der Waals surface area contributed by atoms with Gasteiger partial charge in [-0.25, -0.2) is 4.79 Å². The highest BCUT2D eigenvalue weighted by molar-refractivity contribution is 8.76. The number of hydrogen-bond donors (Lipinski definition) is 0. The number of esters is 1. The van der Waals surface area contributed by atoms with E-state index in [0.717, 1.165) is 0 Å². The Kier molecular flexibility index (Phi) is 4.70. The smallest absolute Gasteiger partial charge is 0.340 e. The summed E-state index contributed by atoms with van der Waals surface area (Å²) in [5.74, 6) is 0.0455. The molecular formula is C8H9NO2S2. The molecule has 0 unspecified atom stereocenters. The quantitative estimate of drug-likeness (QED) is 0.333. The third-order valence-corrected chi connectivity index (χ3v) is 2.70. The Labute approximate surface area is 84.7 Å². The molecule has 1 aromatic rings. The van der Waals surface area contributed by atoms with Crippen molar-refractivity contribution in [1.29, 1.82) is 0 Å². The molecule has 5 heteroatoms. The van der Waals surface area contributed by atoms with Gasteiger partial charge in [-0.1, -0.05) is 21.6 Å². The summed E-state index contributed by atoms with van der Waals surface area (Å²) in [5, 5.41) is 0. The molecule has 0 N–H and O–H groups in total. The molecule has 0 aliphatic heterocycles. The van der Waals surface area contributed by atoms with Crippen molar-refractivity contribution in [3.63, 3.8) is 0 Å². The monoisotopic (exact) mass is 215 g/mol. The summed E-state index contributed by atoms with van der Waals surface area (Å²) in [7, 11) is 3.05. The average Bonchev–Trinajstić information content (AvgIpc) is 2.19. The van der Waals surface area contributed by atoms with Gasteiger partial charge < -0.3 is 4.74 Å². The van der Waals surface area contributed by atoms with Gasteiger partial charge in [0.2, 0.25) is 0 Å². The first kappa shape index (κ1) is 10.4. The van der Waals surface area contributed by atoms with Crippen molar-refractivity contribution in [2.45, 2.75) is 0 Å². The second kappa shape index (κ2) is 5.88. The standard InChI is InChI=1S/C8H9NO2S2/c1-12-13-6-11-8(10)7-3-2-4-9-5-7/h2-5H,6H2,1H3. The number of hydrogen-bond acceptors (Lipinski definition) is 5. The zero-order chi connectivity index (χ0) is 9.52. The van der Waals surface area contributed by atoms with Gasteiger partial charge in [0.05, 0.1) is 5.56 Å². The molecule has 0 bridgehead atoms. The van der Waals surface area contributed by atoms with Gasteiger partial charge in [-0.05, 0) is 18.4 Å². The third kappa shape index (κ3) is 3.69. The highest BCUT2D eigenvalue weighted by Crippen LogP contribution is 2.16. The molecule has 1 aromatic heterocycles. The molecule has 0 saturated carbocycles. The zero-order valence-electron chi connectivity index (χ0n) is 7.10. The van der Waals surface area contributed by atoms with E-state index >= 15 is 0 Å². The van der Waals surface area contributed by atoms with E-state index < -0.39 is 0 Å². The van der Waals surface area contributed by atoms with Crippen LogP contribution in [0.5, 0.6) is 0 Å². The van der Waals surface area contributed by atoms with Crippen LogP contribution < -0.4 is 0 Å². The fourth-order valence-electron chi connectivity index (χ4n) is 0.693. The van der Waals surface area contributed by atoms with E-state index in [2.05, 4.69) is 4.98 Å². The predicted molar refractivity (Wildman–Crippen MR) is 55.6 cm³/mol. The lowest BCUT2D eigenvalue weighted by atomic mass is 10.3. The lowest BCUT2D eigenvalue weighted by molar-refractivity contribution is 0.0580. The average molecular weight is 215 g/mol. The maximum atomic E-state index is 11.2. The van der Waals surface area contributed by atoms with Crippen LogP contribution in [0.1, 0.15) is 10.4 Å². The van der Waals surface area contributed by atoms with Crippen LogP contribution in [0.2, 0.25) is 0 Å². The molecule has 0 aliphatic rings. The van der Waals surface area contributed by atoms with Crippen molar-refractivity contribution in [2.24, 2.45) is 0 Å².